The van der Waals surface area contributed by atoms with E-state index in [0.29, 0.717) is 25.3 Å². The van der Waals surface area contributed by atoms with Crippen LogP contribution >= 0.6 is 15.9 Å². The van der Waals surface area contributed by atoms with Crippen molar-refractivity contribution in [3.8, 4) is 5.75 Å². The third-order valence-corrected chi connectivity index (χ3v) is 6.21. The Morgan fingerprint density at radius 1 is 1.18 bits per heavy atom. The molecular weight excluding hydrogens is 500 g/mol. The molecule has 8 heteroatoms. The van der Waals surface area contributed by atoms with E-state index in [1.165, 1.54) is 10.5 Å². The van der Waals surface area contributed by atoms with E-state index in [2.05, 4.69) is 21.2 Å². The largest absolute Gasteiger partial charge is 0.480 e. The second-order valence-corrected chi connectivity index (χ2v) is 9.40. The molecule has 7 nitrogen and oxygen atoms in total. The zero-order chi connectivity index (χ0) is 24.7. The molecule has 2 aromatic rings. The van der Waals surface area contributed by atoms with Crippen molar-refractivity contribution in [2.75, 3.05) is 19.7 Å². The molecule has 2 amide bonds. The number of rotatable bonds is 9. The highest BCUT2D eigenvalue weighted by Gasteiger charge is 2.37. The second kappa shape index (κ2) is 12.0. The Morgan fingerprint density at radius 2 is 1.85 bits per heavy atom. The van der Waals surface area contributed by atoms with E-state index >= 15 is 0 Å². The summed E-state index contributed by atoms with van der Waals surface area (Å²) in [6.07, 6.45) is 0.485. The minimum Gasteiger partial charge on any atom is -0.480 e. The van der Waals surface area contributed by atoms with Crippen LogP contribution in [0.15, 0.2) is 46.9 Å². The number of nitrogens with one attached hydrogen (secondary N) is 1. The minimum absolute atomic E-state index is 0.189. The number of hydrogen-bond acceptors (Lipinski definition) is 5. The number of benzene rings is 2. The van der Waals surface area contributed by atoms with E-state index in [1.54, 1.807) is 6.92 Å². The second-order valence-electron chi connectivity index (χ2n) is 8.48. The maximum atomic E-state index is 13.2. The average molecular weight is 531 g/mol. The van der Waals surface area contributed by atoms with Crippen molar-refractivity contribution in [2.45, 2.75) is 52.2 Å². The molecule has 1 saturated heterocycles. The SMILES string of the molecule is Cc1cc(Br)cc(C)c1OC(C)C(=O)N1CCNC(=O)C1CC(=O)OCCCc1ccccc1. The normalized spacial score (nSPS) is 16.5. The highest BCUT2D eigenvalue weighted by Crippen LogP contribution is 2.28. The molecule has 1 heterocycles. The number of piperazine rings is 1. The first-order valence-electron chi connectivity index (χ1n) is 11.5. The molecule has 0 spiro atoms. The van der Waals surface area contributed by atoms with Crippen molar-refractivity contribution in [3.63, 3.8) is 0 Å². The molecule has 34 heavy (non-hydrogen) atoms. The highest BCUT2D eigenvalue weighted by molar-refractivity contribution is 9.10. The zero-order valence-electron chi connectivity index (χ0n) is 19.8. The van der Waals surface area contributed by atoms with Gasteiger partial charge in [-0.1, -0.05) is 46.3 Å². The van der Waals surface area contributed by atoms with Gasteiger partial charge in [0, 0.05) is 17.6 Å². The van der Waals surface area contributed by atoms with E-state index in [9.17, 15) is 14.4 Å². The van der Waals surface area contributed by atoms with Crippen LogP contribution in [0.2, 0.25) is 0 Å². The molecule has 1 aliphatic heterocycles. The van der Waals surface area contributed by atoms with Crippen LogP contribution in [-0.2, 0) is 25.5 Å². The van der Waals surface area contributed by atoms with Gasteiger partial charge in [0.15, 0.2) is 6.10 Å². The van der Waals surface area contributed by atoms with Crippen molar-refractivity contribution in [2.24, 2.45) is 0 Å². The maximum absolute atomic E-state index is 13.2. The third-order valence-electron chi connectivity index (χ3n) is 5.76. The summed E-state index contributed by atoms with van der Waals surface area (Å²) in [6.45, 7) is 6.38. The van der Waals surface area contributed by atoms with Crippen LogP contribution in [0.3, 0.4) is 0 Å². The van der Waals surface area contributed by atoms with Gasteiger partial charge in [-0.25, -0.2) is 0 Å². The van der Waals surface area contributed by atoms with Gasteiger partial charge in [0.05, 0.1) is 13.0 Å². The van der Waals surface area contributed by atoms with Gasteiger partial charge in [0.25, 0.3) is 5.91 Å². The number of amides is 2. The summed E-state index contributed by atoms with van der Waals surface area (Å²) >= 11 is 3.46. The van der Waals surface area contributed by atoms with Gasteiger partial charge >= 0.3 is 5.97 Å². The molecule has 0 bridgehead atoms. The summed E-state index contributed by atoms with van der Waals surface area (Å²) in [5.74, 6) is -0.552. The molecule has 182 valence electrons. The lowest BCUT2D eigenvalue weighted by Crippen LogP contribution is -2.60. The number of carbonyl (C=O) groups is 3. The first-order valence-corrected chi connectivity index (χ1v) is 12.3. The summed E-state index contributed by atoms with van der Waals surface area (Å²) in [5.41, 5.74) is 2.98. The van der Waals surface area contributed by atoms with Crippen molar-refractivity contribution < 1.29 is 23.9 Å². The van der Waals surface area contributed by atoms with Crippen molar-refractivity contribution >= 4 is 33.7 Å². The average Bonchev–Trinajstić information content (AvgIpc) is 2.80. The zero-order valence-corrected chi connectivity index (χ0v) is 21.4. The summed E-state index contributed by atoms with van der Waals surface area (Å²) < 4.78 is 12.3. The number of ether oxygens (including phenoxy) is 2. The third kappa shape index (κ3) is 6.82. The van der Waals surface area contributed by atoms with Crippen LogP contribution in [-0.4, -0.2) is 54.5 Å². The van der Waals surface area contributed by atoms with Gasteiger partial charge in [-0.2, -0.15) is 0 Å². The fraction of sp³-hybridized carbons (Fsp3) is 0.423. The minimum atomic E-state index is -0.916. The standard InChI is InChI=1S/C26H31BrN2O5/c1-17-14-21(27)15-18(2)24(17)34-19(3)26(32)29-12-11-28-25(31)22(29)16-23(30)33-13-7-10-20-8-5-4-6-9-20/h4-6,8-9,14-15,19,22H,7,10-13,16H2,1-3H3,(H,28,31). The first-order chi connectivity index (χ1) is 16.3. The summed E-state index contributed by atoms with van der Waals surface area (Å²) in [4.78, 5) is 39.6. The lowest BCUT2D eigenvalue weighted by molar-refractivity contribution is -0.154. The number of halogens is 1. The Balaban J connectivity index is 1.57. The number of carbonyl (C=O) groups excluding carboxylic acids is 3. The molecular formula is C26H31BrN2O5. The highest BCUT2D eigenvalue weighted by atomic mass is 79.9. The van der Waals surface area contributed by atoms with Gasteiger partial charge in [0.2, 0.25) is 5.91 Å². The molecule has 0 saturated carbocycles. The molecule has 1 aliphatic rings. The Labute approximate surface area is 208 Å². The Bertz CT molecular complexity index is 1000. The van der Waals surface area contributed by atoms with E-state index in [1.807, 2.05) is 56.3 Å². The van der Waals surface area contributed by atoms with Gasteiger partial charge in [-0.05, 0) is 62.4 Å². The van der Waals surface area contributed by atoms with Crippen LogP contribution in [0, 0.1) is 13.8 Å². The quantitative estimate of drug-likeness (QED) is 0.394. The van der Waals surface area contributed by atoms with Gasteiger partial charge < -0.3 is 19.7 Å². The molecule has 1 N–H and O–H groups in total. The van der Waals surface area contributed by atoms with Crippen LogP contribution in [0.5, 0.6) is 5.75 Å². The van der Waals surface area contributed by atoms with Crippen molar-refractivity contribution in [1.82, 2.24) is 10.2 Å². The van der Waals surface area contributed by atoms with Gasteiger partial charge in [0.1, 0.15) is 11.8 Å². The fourth-order valence-corrected chi connectivity index (χ4v) is 4.74. The predicted octanol–water partition coefficient (Wildman–Crippen LogP) is 3.73. The van der Waals surface area contributed by atoms with Gasteiger partial charge in [-0.3, -0.25) is 14.4 Å². The number of hydrogen-bond donors (Lipinski definition) is 1. The van der Waals surface area contributed by atoms with E-state index in [4.69, 9.17) is 9.47 Å². The smallest absolute Gasteiger partial charge is 0.308 e. The Kier molecular flexibility index (Phi) is 9.10. The van der Waals surface area contributed by atoms with Crippen molar-refractivity contribution in [1.29, 1.82) is 0 Å². The van der Waals surface area contributed by atoms with Gasteiger partial charge in [-0.15, -0.1) is 0 Å². The fourth-order valence-electron chi connectivity index (χ4n) is 4.05. The number of esters is 1. The maximum Gasteiger partial charge on any atom is 0.308 e. The number of aryl methyl sites for hydroxylation is 3. The van der Waals surface area contributed by atoms with E-state index in [-0.39, 0.29) is 24.8 Å². The molecule has 1 fully saturated rings. The molecule has 0 radical (unpaired) electrons. The molecule has 3 rings (SSSR count). The van der Waals surface area contributed by atoms with Crippen LogP contribution in [0.1, 0.15) is 36.5 Å². The first kappa shape index (κ1) is 25.7. The lowest BCUT2D eigenvalue weighted by Gasteiger charge is -2.36. The molecule has 2 unspecified atom stereocenters. The van der Waals surface area contributed by atoms with Crippen LogP contribution in [0.25, 0.3) is 0 Å². The topological polar surface area (TPSA) is 84.9 Å². The van der Waals surface area contributed by atoms with E-state index in [0.717, 1.165) is 22.0 Å². The Morgan fingerprint density at radius 3 is 2.53 bits per heavy atom. The molecule has 0 aromatic heterocycles. The number of nitrogens with zero attached hydrogens (tertiary/aromatic N) is 1. The van der Waals surface area contributed by atoms with E-state index < -0.39 is 18.1 Å². The summed E-state index contributed by atoms with van der Waals surface area (Å²) in [7, 11) is 0. The molecule has 2 aromatic carbocycles. The summed E-state index contributed by atoms with van der Waals surface area (Å²) in [5, 5.41) is 2.74. The molecule has 0 aliphatic carbocycles. The van der Waals surface area contributed by atoms with Crippen LogP contribution in [0.4, 0.5) is 0 Å². The van der Waals surface area contributed by atoms with Crippen LogP contribution < -0.4 is 10.1 Å². The lowest BCUT2D eigenvalue weighted by atomic mass is 10.1. The monoisotopic (exact) mass is 530 g/mol. The van der Waals surface area contributed by atoms with Crippen molar-refractivity contribution in [3.05, 3.63) is 63.6 Å². The Hall–Kier alpha value is -2.87. The molecule has 2 atom stereocenters. The summed E-state index contributed by atoms with van der Waals surface area (Å²) in [6, 6.07) is 12.9. The predicted molar refractivity (Wildman–Crippen MR) is 133 cm³/mol.